The van der Waals surface area contributed by atoms with Crippen LogP contribution in [0.2, 0.25) is 0 Å². The predicted molar refractivity (Wildman–Crippen MR) is 85.8 cm³/mol. The number of hydrogen-bond donors (Lipinski definition) is 2. The molecule has 6 unspecified atom stereocenters. The molecule has 0 amide bonds. The summed E-state index contributed by atoms with van der Waals surface area (Å²) in [4.78, 5) is 15.1. The van der Waals surface area contributed by atoms with Crippen molar-refractivity contribution in [2.24, 2.45) is 11.8 Å². The first-order chi connectivity index (χ1) is 10.1. The Balaban J connectivity index is 1.56. The molecule has 1 saturated heterocycles. The van der Waals surface area contributed by atoms with Crippen molar-refractivity contribution in [1.29, 1.82) is 0 Å². The summed E-state index contributed by atoms with van der Waals surface area (Å²) in [6.07, 6.45) is 4.45. The van der Waals surface area contributed by atoms with Gasteiger partial charge in [-0.25, -0.2) is 0 Å². The van der Waals surface area contributed by atoms with Crippen molar-refractivity contribution in [1.82, 2.24) is 8.43 Å². The van der Waals surface area contributed by atoms with Crippen LogP contribution in [0.4, 0.5) is 0 Å². The zero-order valence-electron chi connectivity index (χ0n) is 13.2. The molecule has 0 spiro atoms. The number of esters is 1. The van der Waals surface area contributed by atoms with Gasteiger partial charge in [0.05, 0.1) is 0 Å². The van der Waals surface area contributed by atoms with Crippen molar-refractivity contribution < 1.29 is 36.1 Å². The molecule has 2 N–H and O–H groups in total. The average Bonchev–Trinajstić information content (AvgIpc) is 3.11. The number of rotatable bonds is 4. The fourth-order valence-electron chi connectivity index (χ4n) is 5.17. The minimum absolute atomic E-state index is 0.108. The maximum atomic E-state index is 13.0. The van der Waals surface area contributed by atoms with E-state index >= 15 is 0 Å². The second-order valence-corrected chi connectivity index (χ2v) is 12.8. The van der Waals surface area contributed by atoms with Crippen LogP contribution >= 0.6 is 22.6 Å². The third kappa shape index (κ3) is 2.07. The summed E-state index contributed by atoms with van der Waals surface area (Å²) < 4.78 is 8.84. The monoisotopic (exact) mass is 533 g/mol. The molecule has 6 atom stereocenters. The molecule has 5 fully saturated rings. The van der Waals surface area contributed by atoms with Gasteiger partial charge in [0.1, 0.15) is 0 Å². The molecular formula is C15H23I2N2O3-. The molecule has 5 aliphatic rings. The number of alkyl halides is 2. The number of halogens is 2. The van der Waals surface area contributed by atoms with Crippen molar-refractivity contribution in [3.63, 3.8) is 0 Å². The van der Waals surface area contributed by atoms with E-state index in [9.17, 15) is 9.90 Å². The SMILES string of the molecule is CN(C)C1(C(C)(I)C(=O)OC23CC4CC2CC(O)(C4)C3)N[I-]1. The van der Waals surface area contributed by atoms with E-state index in [1.165, 1.54) is 0 Å². The molecule has 1 heterocycles. The average molecular weight is 533 g/mol. The van der Waals surface area contributed by atoms with Crippen molar-refractivity contribution in [2.75, 3.05) is 14.1 Å². The van der Waals surface area contributed by atoms with Gasteiger partial charge in [0.2, 0.25) is 0 Å². The summed E-state index contributed by atoms with van der Waals surface area (Å²) in [5.74, 6) is 0.799. The van der Waals surface area contributed by atoms with Gasteiger partial charge < -0.3 is 0 Å². The Morgan fingerprint density at radius 3 is 2.68 bits per heavy atom. The van der Waals surface area contributed by atoms with Crippen LogP contribution in [-0.2, 0) is 9.53 Å². The summed E-state index contributed by atoms with van der Waals surface area (Å²) >= 11 is 2.06. The Bertz CT molecular complexity index is 537. The molecule has 4 bridgehead atoms. The van der Waals surface area contributed by atoms with Gasteiger partial charge >= 0.3 is 156 Å². The van der Waals surface area contributed by atoms with Gasteiger partial charge in [-0.15, -0.1) is 0 Å². The third-order valence-electron chi connectivity index (χ3n) is 6.11. The zero-order valence-corrected chi connectivity index (χ0v) is 17.5. The van der Waals surface area contributed by atoms with E-state index in [0.29, 0.717) is 18.3 Å². The number of nitrogens with one attached hydrogen (secondary N) is 1. The van der Waals surface area contributed by atoms with Crippen LogP contribution in [0.15, 0.2) is 0 Å². The molecule has 4 aliphatic carbocycles. The maximum absolute atomic E-state index is 13.0. The summed E-state index contributed by atoms with van der Waals surface area (Å²) in [6.45, 7) is 1.99. The summed E-state index contributed by atoms with van der Waals surface area (Å²) in [5.41, 5.74) is -0.959. The van der Waals surface area contributed by atoms with Crippen LogP contribution in [0.25, 0.3) is 0 Å². The van der Waals surface area contributed by atoms with Crippen LogP contribution in [0.1, 0.15) is 39.0 Å². The number of carbonyl (C=O) groups is 1. The molecular weight excluding hydrogens is 510 g/mol. The minimum atomic E-state index is -0.584. The Hall–Kier alpha value is 0.810. The topological polar surface area (TPSA) is 71.7 Å². The second kappa shape index (κ2) is 4.70. The van der Waals surface area contributed by atoms with Gasteiger partial charge in [-0.1, -0.05) is 0 Å². The fraction of sp³-hybridized carbons (Fsp3) is 0.933. The van der Waals surface area contributed by atoms with E-state index in [0.717, 1.165) is 25.7 Å². The number of nitrogens with zero attached hydrogens (tertiary/aromatic N) is 1. The number of hydrogen-bond acceptors (Lipinski definition) is 5. The van der Waals surface area contributed by atoms with Gasteiger partial charge in [0.25, 0.3) is 0 Å². The van der Waals surface area contributed by atoms with Crippen LogP contribution < -0.4 is 25.0 Å². The van der Waals surface area contributed by atoms with Gasteiger partial charge in [-0.05, 0) is 0 Å². The quantitative estimate of drug-likeness (QED) is 0.112. The molecule has 5 nitrogen and oxygen atoms in total. The predicted octanol–water partition coefficient (Wildman–Crippen LogP) is -1.76. The molecule has 0 aromatic heterocycles. The second-order valence-electron chi connectivity index (χ2n) is 7.97. The van der Waals surface area contributed by atoms with E-state index in [1.54, 1.807) is 0 Å². The van der Waals surface area contributed by atoms with Gasteiger partial charge in [-0.3, -0.25) is 0 Å². The van der Waals surface area contributed by atoms with Crippen molar-refractivity contribution >= 4 is 28.6 Å². The van der Waals surface area contributed by atoms with Gasteiger partial charge in [0, 0.05) is 0 Å². The first-order valence-electron chi connectivity index (χ1n) is 7.87. The molecule has 4 saturated carbocycles. The van der Waals surface area contributed by atoms with E-state index in [1.807, 2.05) is 21.0 Å². The molecule has 1 aliphatic heterocycles. The van der Waals surface area contributed by atoms with Crippen molar-refractivity contribution in [3.8, 4) is 0 Å². The summed E-state index contributed by atoms with van der Waals surface area (Å²) in [6, 6.07) is 0. The van der Waals surface area contributed by atoms with Crippen molar-refractivity contribution in [2.45, 2.75) is 57.3 Å². The number of carbonyl (C=O) groups excluding carboxylic acids is 1. The first-order valence-corrected chi connectivity index (χ1v) is 11.1. The molecule has 0 aromatic rings. The standard InChI is InChI=1S/C15H23I2N2O3/c1-12(16,15(17-18-15)19(2)3)11(20)22-14-6-9-4-10(14)7-13(21,5-9)8-14/h9-10,18,21H,4-8H2,1-3H3/q-1. The number of aliphatic hydroxyl groups is 1. The van der Waals surface area contributed by atoms with E-state index in [4.69, 9.17) is 4.74 Å². The molecule has 0 radical (unpaired) electrons. The normalized spacial score (nSPS) is 51.5. The molecule has 22 heavy (non-hydrogen) atoms. The van der Waals surface area contributed by atoms with Crippen LogP contribution in [0.5, 0.6) is 0 Å². The summed E-state index contributed by atoms with van der Waals surface area (Å²) in [5, 5.41) is 10.7. The Morgan fingerprint density at radius 2 is 2.14 bits per heavy atom. The van der Waals surface area contributed by atoms with E-state index in [2.05, 4.69) is 31.0 Å². The molecule has 5 rings (SSSR count). The first kappa shape index (κ1) is 16.3. The number of ether oxygens (including phenoxy) is 1. The van der Waals surface area contributed by atoms with Gasteiger partial charge in [-0.2, -0.15) is 0 Å². The van der Waals surface area contributed by atoms with E-state index in [-0.39, 0.29) is 36.7 Å². The molecule has 126 valence electrons. The van der Waals surface area contributed by atoms with Crippen LogP contribution in [0.3, 0.4) is 0 Å². The zero-order chi connectivity index (χ0) is 16.0. The Morgan fingerprint density at radius 1 is 1.45 bits per heavy atom. The molecule has 0 aromatic carbocycles. The molecule has 7 heteroatoms. The fourth-order valence-corrected chi connectivity index (χ4v) is 9.58. The Labute approximate surface area is 155 Å². The van der Waals surface area contributed by atoms with Crippen molar-refractivity contribution in [3.05, 3.63) is 0 Å². The third-order valence-corrected chi connectivity index (χ3v) is 12.0. The van der Waals surface area contributed by atoms with Gasteiger partial charge in [0.15, 0.2) is 0 Å². The Kier molecular flexibility index (Phi) is 3.48. The summed E-state index contributed by atoms with van der Waals surface area (Å²) in [7, 11) is 4.04. The van der Waals surface area contributed by atoms with E-state index < -0.39 is 9.02 Å². The van der Waals surface area contributed by atoms with Crippen LogP contribution in [-0.4, -0.2) is 48.4 Å². The van der Waals surface area contributed by atoms with Crippen LogP contribution in [0, 0.1) is 11.8 Å².